The highest BCUT2D eigenvalue weighted by Gasteiger charge is 2.17. The molecule has 0 amide bonds. The van der Waals surface area contributed by atoms with Gasteiger partial charge in [-0.1, -0.05) is 41.4 Å². The van der Waals surface area contributed by atoms with Crippen LogP contribution in [0.3, 0.4) is 0 Å². The standard InChI is InChI=1S/C14H18Cl2N4/c1-3-6-20-14(9-18-19-20)13(17-2)7-10-4-5-11(15)8-12(10)16/h4-5,8-9,13,17H,3,6-7H2,1-2H3. The van der Waals surface area contributed by atoms with Crippen molar-refractivity contribution in [2.24, 2.45) is 0 Å². The number of benzene rings is 1. The Morgan fingerprint density at radius 3 is 2.80 bits per heavy atom. The first kappa shape index (κ1) is 15.3. The molecule has 1 aromatic heterocycles. The largest absolute Gasteiger partial charge is 0.311 e. The molecule has 6 heteroatoms. The second kappa shape index (κ2) is 7.07. The van der Waals surface area contributed by atoms with Crippen LogP contribution in [0.25, 0.3) is 0 Å². The van der Waals surface area contributed by atoms with Crippen molar-refractivity contribution in [3.8, 4) is 0 Å². The number of aryl methyl sites for hydroxylation is 1. The smallest absolute Gasteiger partial charge is 0.0759 e. The quantitative estimate of drug-likeness (QED) is 0.887. The molecule has 1 N–H and O–H groups in total. The molecular formula is C14H18Cl2N4. The third-order valence-electron chi connectivity index (χ3n) is 3.23. The van der Waals surface area contributed by atoms with Crippen LogP contribution in [-0.2, 0) is 13.0 Å². The zero-order valence-electron chi connectivity index (χ0n) is 11.6. The van der Waals surface area contributed by atoms with Gasteiger partial charge in [-0.3, -0.25) is 0 Å². The van der Waals surface area contributed by atoms with Crippen LogP contribution in [0.15, 0.2) is 24.4 Å². The average molecular weight is 313 g/mol. The van der Waals surface area contributed by atoms with Crippen molar-refractivity contribution in [3.05, 3.63) is 45.7 Å². The maximum absolute atomic E-state index is 6.24. The van der Waals surface area contributed by atoms with E-state index in [1.165, 1.54) is 0 Å². The van der Waals surface area contributed by atoms with E-state index in [9.17, 15) is 0 Å². The molecule has 0 saturated heterocycles. The van der Waals surface area contributed by atoms with Gasteiger partial charge in [-0.25, -0.2) is 4.68 Å². The van der Waals surface area contributed by atoms with E-state index in [0.29, 0.717) is 10.0 Å². The number of halogens is 2. The van der Waals surface area contributed by atoms with Crippen LogP contribution in [0.5, 0.6) is 0 Å². The molecule has 0 aliphatic heterocycles. The zero-order valence-corrected chi connectivity index (χ0v) is 13.1. The third kappa shape index (κ3) is 3.51. The van der Waals surface area contributed by atoms with Gasteiger partial charge in [-0.2, -0.15) is 0 Å². The van der Waals surface area contributed by atoms with Crippen LogP contribution in [0.2, 0.25) is 10.0 Å². The van der Waals surface area contributed by atoms with Crippen LogP contribution in [0, 0.1) is 0 Å². The molecule has 0 spiro atoms. The SMILES string of the molecule is CCCn1nncc1C(Cc1ccc(Cl)cc1Cl)NC. The van der Waals surface area contributed by atoms with E-state index in [1.807, 2.05) is 23.9 Å². The van der Waals surface area contributed by atoms with E-state index < -0.39 is 0 Å². The summed E-state index contributed by atoms with van der Waals surface area (Å²) in [6.45, 7) is 2.98. The number of nitrogens with zero attached hydrogens (tertiary/aromatic N) is 3. The van der Waals surface area contributed by atoms with Gasteiger partial charge in [0.25, 0.3) is 0 Å². The summed E-state index contributed by atoms with van der Waals surface area (Å²) in [5.41, 5.74) is 2.13. The predicted molar refractivity (Wildman–Crippen MR) is 82.3 cm³/mol. The summed E-state index contributed by atoms with van der Waals surface area (Å²) in [6, 6.07) is 5.71. The summed E-state index contributed by atoms with van der Waals surface area (Å²) in [6.07, 6.45) is 3.60. The Morgan fingerprint density at radius 1 is 1.35 bits per heavy atom. The fourth-order valence-corrected chi connectivity index (χ4v) is 2.67. The van der Waals surface area contributed by atoms with Gasteiger partial charge in [0, 0.05) is 16.6 Å². The molecule has 4 nitrogen and oxygen atoms in total. The number of nitrogens with one attached hydrogen (secondary N) is 1. The Kier molecular flexibility index (Phi) is 5.40. The van der Waals surface area contributed by atoms with Crippen LogP contribution in [0.4, 0.5) is 0 Å². The first-order valence-electron chi connectivity index (χ1n) is 6.65. The Morgan fingerprint density at radius 2 is 2.15 bits per heavy atom. The maximum Gasteiger partial charge on any atom is 0.0759 e. The normalized spacial score (nSPS) is 12.6. The van der Waals surface area contributed by atoms with E-state index >= 15 is 0 Å². The number of likely N-dealkylation sites (N-methyl/N-ethyl adjacent to an activating group) is 1. The van der Waals surface area contributed by atoms with Crippen LogP contribution < -0.4 is 5.32 Å². The molecule has 0 radical (unpaired) electrons. The predicted octanol–water partition coefficient (Wildman–Crippen LogP) is 3.50. The fourth-order valence-electron chi connectivity index (χ4n) is 2.18. The lowest BCUT2D eigenvalue weighted by Crippen LogP contribution is -2.22. The highest BCUT2D eigenvalue weighted by Crippen LogP contribution is 2.25. The van der Waals surface area contributed by atoms with E-state index in [4.69, 9.17) is 23.2 Å². The summed E-state index contributed by atoms with van der Waals surface area (Å²) in [7, 11) is 1.93. The lowest BCUT2D eigenvalue weighted by atomic mass is 10.0. The Balaban J connectivity index is 2.22. The van der Waals surface area contributed by atoms with E-state index in [1.54, 1.807) is 12.3 Å². The van der Waals surface area contributed by atoms with E-state index in [2.05, 4.69) is 22.6 Å². The Hall–Kier alpha value is -1.10. The summed E-state index contributed by atoms with van der Waals surface area (Å²) < 4.78 is 1.94. The highest BCUT2D eigenvalue weighted by molar-refractivity contribution is 6.35. The number of rotatable bonds is 6. The summed E-state index contributed by atoms with van der Waals surface area (Å²) in [5, 5.41) is 12.8. The minimum Gasteiger partial charge on any atom is -0.311 e. The third-order valence-corrected chi connectivity index (χ3v) is 3.81. The van der Waals surface area contributed by atoms with Gasteiger partial charge < -0.3 is 5.32 Å². The highest BCUT2D eigenvalue weighted by atomic mass is 35.5. The van der Waals surface area contributed by atoms with Gasteiger partial charge >= 0.3 is 0 Å². The molecule has 1 unspecified atom stereocenters. The molecule has 1 atom stereocenters. The van der Waals surface area contributed by atoms with Gasteiger partial charge in [0.1, 0.15) is 0 Å². The van der Waals surface area contributed by atoms with Crippen LogP contribution >= 0.6 is 23.2 Å². The first-order chi connectivity index (χ1) is 9.65. The Labute approximate surface area is 129 Å². The molecule has 1 heterocycles. The lowest BCUT2D eigenvalue weighted by Gasteiger charge is -2.18. The van der Waals surface area contributed by atoms with E-state index in [-0.39, 0.29) is 6.04 Å². The monoisotopic (exact) mass is 312 g/mol. The van der Waals surface area contributed by atoms with E-state index in [0.717, 1.165) is 30.6 Å². The minimum atomic E-state index is 0.121. The molecule has 2 aromatic rings. The van der Waals surface area contributed by atoms with Gasteiger partial charge in [0.2, 0.25) is 0 Å². The number of hydrogen-bond acceptors (Lipinski definition) is 3. The fraction of sp³-hybridized carbons (Fsp3) is 0.429. The van der Waals surface area contributed by atoms with Gasteiger partial charge in [0.05, 0.1) is 17.9 Å². The van der Waals surface area contributed by atoms with Crippen molar-refractivity contribution in [2.45, 2.75) is 32.4 Å². The molecule has 108 valence electrons. The van der Waals surface area contributed by atoms with Gasteiger partial charge in [-0.05, 0) is 37.6 Å². The number of hydrogen-bond donors (Lipinski definition) is 1. The molecule has 0 saturated carbocycles. The lowest BCUT2D eigenvalue weighted by molar-refractivity contribution is 0.490. The van der Waals surface area contributed by atoms with Crippen molar-refractivity contribution < 1.29 is 0 Å². The molecule has 2 rings (SSSR count). The van der Waals surface area contributed by atoms with Crippen molar-refractivity contribution in [2.75, 3.05) is 7.05 Å². The van der Waals surface area contributed by atoms with Crippen molar-refractivity contribution in [3.63, 3.8) is 0 Å². The first-order valence-corrected chi connectivity index (χ1v) is 7.40. The molecule has 0 fully saturated rings. The number of aromatic nitrogens is 3. The van der Waals surface area contributed by atoms with Crippen LogP contribution in [0.1, 0.15) is 30.6 Å². The van der Waals surface area contributed by atoms with Gasteiger partial charge in [-0.15, -0.1) is 5.10 Å². The zero-order chi connectivity index (χ0) is 14.5. The summed E-state index contributed by atoms with van der Waals surface area (Å²) in [4.78, 5) is 0. The molecule has 20 heavy (non-hydrogen) atoms. The Bertz CT molecular complexity index is 568. The van der Waals surface area contributed by atoms with Crippen molar-refractivity contribution in [1.29, 1.82) is 0 Å². The maximum atomic E-state index is 6.24. The second-order valence-electron chi connectivity index (χ2n) is 4.66. The van der Waals surface area contributed by atoms with Crippen molar-refractivity contribution in [1.82, 2.24) is 20.3 Å². The second-order valence-corrected chi connectivity index (χ2v) is 5.51. The average Bonchev–Trinajstić information content (AvgIpc) is 2.87. The van der Waals surface area contributed by atoms with Crippen molar-refractivity contribution >= 4 is 23.2 Å². The summed E-state index contributed by atoms with van der Waals surface area (Å²) >= 11 is 12.2. The van der Waals surface area contributed by atoms with Crippen LogP contribution in [-0.4, -0.2) is 22.0 Å². The molecule has 0 aliphatic rings. The topological polar surface area (TPSA) is 42.7 Å². The summed E-state index contributed by atoms with van der Waals surface area (Å²) in [5.74, 6) is 0. The molecule has 0 aliphatic carbocycles. The van der Waals surface area contributed by atoms with Gasteiger partial charge in [0.15, 0.2) is 0 Å². The molecular weight excluding hydrogens is 295 g/mol. The molecule has 0 bridgehead atoms. The minimum absolute atomic E-state index is 0.121. The molecule has 1 aromatic carbocycles.